The van der Waals surface area contributed by atoms with E-state index in [1.54, 1.807) is 62.4 Å². The van der Waals surface area contributed by atoms with E-state index in [2.05, 4.69) is 4.99 Å². The lowest BCUT2D eigenvalue weighted by Gasteiger charge is -2.29. The van der Waals surface area contributed by atoms with Crippen molar-refractivity contribution in [1.82, 2.24) is 10.2 Å². The van der Waals surface area contributed by atoms with E-state index in [4.69, 9.17) is 0 Å². The zero-order chi connectivity index (χ0) is 21.2. The fourth-order valence-electron chi connectivity index (χ4n) is 3.19. The van der Waals surface area contributed by atoms with Crippen LogP contribution in [0.4, 0.5) is 13.2 Å². The number of hydrogen-bond donors (Lipinski definition) is 1. The minimum absolute atomic E-state index is 0.0463. The van der Waals surface area contributed by atoms with Crippen LogP contribution in [0.5, 0.6) is 0 Å². The van der Waals surface area contributed by atoms with E-state index < -0.39 is 23.7 Å². The third-order valence-corrected chi connectivity index (χ3v) is 4.66. The highest BCUT2D eigenvalue weighted by Gasteiger charge is 2.67. The number of amidine groups is 1. The Labute approximate surface area is 166 Å². The van der Waals surface area contributed by atoms with Crippen molar-refractivity contribution in [1.29, 1.82) is 0 Å². The molecule has 1 heterocycles. The van der Waals surface area contributed by atoms with Crippen molar-refractivity contribution in [2.45, 2.75) is 32.1 Å². The highest BCUT2D eigenvalue weighted by molar-refractivity contribution is 6.16. The van der Waals surface area contributed by atoms with Crippen LogP contribution in [0.2, 0.25) is 0 Å². The van der Waals surface area contributed by atoms with Crippen LogP contribution >= 0.6 is 0 Å². The fourth-order valence-corrected chi connectivity index (χ4v) is 3.19. The largest absolute Gasteiger partial charge is 0.442 e. The molecule has 0 aromatic heterocycles. The highest BCUT2D eigenvalue weighted by atomic mass is 19.4. The number of aliphatic imine (C=N–C) groups is 1. The molecule has 0 unspecified atom stereocenters. The van der Waals surface area contributed by atoms with Crippen LogP contribution in [0.25, 0.3) is 0 Å². The molecule has 0 saturated carbocycles. The molecule has 2 aromatic rings. The number of nitrogens with zero attached hydrogens (tertiary/aromatic N) is 2. The Hall–Kier alpha value is -3.16. The van der Waals surface area contributed by atoms with Gasteiger partial charge in [-0.2, -0.15) is 13.2 Å². The predicted octanol–water partition coefficient (Wildman–Crippen LogP) is 3.68. The molecule has 1 N–H and O–H groups in total. The van der Waals surface area contributed by atoms with Crippen LogP contribution in [0, 0.1) is 6.92 Å². The first-order valence-electron chi connectivity index (χ1n) is 9.13. The molecule has 152 valence electrons. The lowest BCUT2D eigenvalue weighted by atomic mass is 10.1. The maximum Gasteiger partial charge on any atom is 0.442 e. The summed E-state index contributed by atoms with van der Waals surface area (Å²) in [4.78, 5) is 30.4. The van der Waals surface area contributed by atoms with Gasteiger partial charge in [0.15, 0.2) is 0 Å². The molecule has 2 amide bonds. The van der Waals surface area contributed by atoms with Crippen LogP contribution in [0.3, 0.4) is 0 Å². The Morgan fingerprint density at radius 1 is 1.10 bits per heavy atom. The molecule has 1 aliphatic heterocycles. The Morgan fingerprint density at radius 2 is 1.72 bits per heavy atom. The van der Waals surface area contributed by atoms with Gasteiger partial charge in [0.05, 0.1) is 0 Å². The molecule has 8 heteroatoms. The van der Waals surface area contributed by atoms with Crippen molar-refractivity contribution in [3.8, 4) is 0 Å². The first kappa shape index (κ1) is 20.6. The molecule has 0 radical (unpaired) electrons. The SMILES string of the molecule is CCCN1C(=O)[C@@](NC(=O)c2ccccc2C)(C(F)(F)F)N=C1c1ccccc1. The van der Waals surface area contributed by atoms with E-state index in [0.29, 0.717) is 17.5 Å². The molecule has 0 saturated heterocycles. The number of alkyl halides is 3. The standard InChI is InChI=1S/C21H20F3N3O2/c1-3-13-27-17(15-10-5-4-6-11-15)25-20(19(27)29,21(22,23)24)26-18(28)16-12-8-7-9-14(16)2/h4-12H,3,13H2,1-2H3,(H,26,28)/t20-/m1/s1. The van der Waals surface area contributed by atoms with Gasteiger partial charge < -0.3 is 5.32 Å². The number of halogens is 3. The predicted molar refractivity (Wildman–Crippen MR) is 102 cm³/mol. The highest BCUT2D eigenvalue weighted by Crippen LogP contribution is 2.38. The number of carbonyl (C=O) groups is 2. The zero-order valence-electron chi connectivity index (χ0n) is 16.0. The molecule has 0 bridgehead atoms. The quantitative estimate of drug-likeness (QED) is 0.828. The molecular formula is C21H20F3N3O2. The molecule has 2 aromatic carbocycles. The van der Waals surface area contributed by atoms with Gasteiger partial charge >= 0.3 is 11.8 Å². The second-order valence-electron chi connectivity index (χ2n) is 6.74. The van der Waals surface area contributed by atoms with Gasteiger partial charge in [-0.3, -0.25) is 14.5 Å². The summed E-state index contributed by atoms with van der Waals surface area (Å²) in [7, 11) is 0. The average molecular weight is 403 g/mol. The number of benzene rings is 2. The molecule has 29 heavy (non-hydrogen) atoms. The number of amides is 2. The Kier molecular flexibility index (Phi) is 5.46. The molecule has 1 aliphatic rings. The number of hydrogen-bond acceptors (Lipinski definition) is 3. The van der Waals surface area contributed by atoms with Crippen LogP contribution in [-0.4, -0.2) is 40.9 Å². The topological polar surface area (TPSA) is 61.8 Å². The van der Waals surface area contributed by atoms with E-state index in [-0.39, 0.29) is 17.9 Å². The summed E-state index contributed by atoms with van der Waals surface area (Å²) in [6.45, 7) is 3.40. The van der Waals surface area contributed by atoms with E-state index in [0.717, 1.165) is 4.90 Å². The summed E-state index contributed by atoms with van der Waals surface area (Å²) < 4.78 is 42.5. The lowest BCUT2D eigenvalue weighted by molar-refractivity contribution is -0.196. The molecule has 1 atom stereocenters. The van der Waals surface area contributed by atoms with Gasteiger partial charge in [-0.25, -0.2) is 4.99 Å². The smallest absolute Gasteiger partial charge is 0.312 e. The van der Waals surface area contributed by atoms with E-state index in [1.807, 2.05) is 5.32 Å². The Morgan fingerprint density at radius 3 is 2.31 bits per heavy atom. The van der Waals surface area contributed by atoms with Gasteiger partial charge in [-0.05, 0) is 25.0 Å². The van der Waals surface area contributed by atoms with E-state index in [9.17, 15) is 22.8 Å². The molecular weight excluding hydrogens is 383 g/mol. The lowest BCUT2D eigenvalue weighted by Crippen LogP contribution is -2.63. The summed E-state index contributed by atoms with van der Waals surface area (Å²) in [5, 5.41) is 1.88. The molecule has 0 fully saturated rings. The van der Waals surface area contributed by atoms with Gasteiger partial charge in [0.2, 0.25) is 0 Å². The van der Waals surface area contributed by atoms with Gasteiger partial charge in [0.25, 0.3) is 11.8 Å². The summed E-state index contributed by atoms with van der Waals surface area (Å²) in [5.41, 5.74) is -2.46. The van der Waals surface area contributed by atoms with Gasteiger partial charge in [-0.1, -0.05) is 55.5 Å². The van der Waals surface area contributed by atoms with Gasteiger partial charge in [-0.15, -0.1) is 0 Å². The average Bonchev–Trinajstić information content (AvgIpc) is 2.96. The normalized spacial score (nSPS) is 19.3. The third kappa shape index (κ3) is 3.62. The number of aryl methyl sites for hydroxylation is 1. The van der Waals surface area contributed by atoms with Crippen molar-refractivity contribution in [2.24, 2.45) is 4.99 Å². The molecule has 3 rings (SSSR count). The Balaban J connectivity index is 2.11. The maximum absolute atomic E-state index is 14.2. The third-order valence-electron chi connectivity index (χ3n) is 4.66. The van der Waals surface area contributed by atoms with Crippen molar-refractivity contribution in [3.05, 3.63) is 71.3 Å². The van der Waals surface area contributed by atoms with Gasteiger partial charge in [0, 0.05) is 17.7 Å². The molecule has 0 spiro atoms. The maximum atomic E-state index is 14.2. The van der Waals surface area contributed by atoms with Crippen molar-refractivity contribution < 1.29 is 22.8 Å². The second-order valence-corrected chi connectivity index (χ2v) is 6.74. The molecule has 0 aliphatic carbocycles. The minimum atomic E-state index is -5.12. The van der Waals surface area contributed by atoms with Crippen LogP contribution in [-0.2, 0) is 4.79 Å². The van der Waals surface area contributed by atoms with E-state index in [1.165, 1.54) is 6.07 Å². The Bertz CT molecular complexity index is 957. The van der Waals surface area contributed by atoms with Crippen LogP contribution in [0.1, 0.15) is 34.8 Å². The second kappa shape index (κ2) is 7.69. The minimum Gasteiger partial charge on any atom is -0.312 e. The van der Waals surface area contributed by atoms with Crippen LogP contribution in [0.15, 0.2) is 59.6 Å². The molecule has 5 nitrogen and oxygen atoms in total. The number of carbonyl (C=O) groups excluding carboxylic acids is 2. The monoisotopic (exact) mass is 403 g/mol. The van der Waals surface area contributed by atoms with Crippen molar-refractivity contribution in [3.63, 3.8) is 0 Å². The first-order chi connectivity index (χ1) is 13.7. The number of rotatable bonds is 5. The fraction of sp³-hybridized carbons (Fsp3) is 0.286. The number of nitrogens with one attached hydrogen (secondary N) is 1. The summed E-state index contributed by atoms with van der Waals surface area (Å²) in [6.07, 6.45) is -4.69. The zero-order valence-corrected chi connectivity index (χ0v) is 16.0. The van der Waals surface area contributed by atoms with Crippen molar-refractivity contribution >= 4 is 17.6 Å². The van der Waals surface area contributed by atoms with Crippen molar-refractivity contribution in [2.75, 3.05) is 6.54 Å². The first-order valence-corrected chi connectivity index (χ1v) is 9.13. The summed E-state index contributed by atoms with van der Waals surface area (Å²) >= 11 is 0. The van der Waals surface area contributed by atoms with E-state index >= 15 is 0 Å². The van der Waals surface area contributed by atoms with Gasteiger partial charge in [0.1, 0.15) is 5.84 Å². The summed E-state index contributed by atoms with van der Waals surface area (Å²) in [6, 6.07) is 14.4. The van der Waals surface area contributed by atoms with Crippen LogP contribution < -0.4 is 5.32 Å². The summed E-state index contributed by atoms with van der Waals surface area (Å²) in [5.74, 6) is -2.43.